The van der Waals surface area contributed by atoms with Gasteiger partial charge in [0.05, 0.1) is 34.2 Å². The SMILES string of the molecule is CC1C(CS(=O)(=O)[O-])CC(O)C(OCc2ccccc2)C1S(=O)(=O)[O-]. The predicted molar refractivity (Wildman–Crippen MR) is 86.3 cm³/mol. The van der Waals surface area contributed by atoms with Crippen LogP contribution in [0.2, 0.25) is 0 Å². The molecule has 2 rings (SSSR count). The zero-order valence-electron chi connectivity index (χ0n) is 13.5. The van der Waals surface area contributed by atoms with Crippen LogP contribution in [0, 0.1) is 11.8 Å². The summed E-state index contributed by atoms with van der Waals surface area (Å²) in [5.41, 5.74) is 0.730. The van der Waals surface area contributed by atoms with Crippen LogP contribution < -0.4 is 0 Å². The molecule has 1 N–H and O–H groups in total. The van der Waals surface area contributed by atoms with Crippen molar-refractivity contribution in [1.82, 2.24) is 0 Å². The van der Waals surface area contributed by atoms with Crippen molar-refractivity contribution in [2.75, 3.05) is 5.75 Å². The number of ether oxygens (including phenoxy) is 1. The lowest BCUT2D eigenvalue weighted by Crippen LogP contribution is -2.55. The van der Waals surface area contributed by atoms with E-state index in [1.54, 1.807) is 30.3 Å². The van der Waals surface area contributed by atoms with Crippen LogP contribution in [0.3, 0.4) is 0 Å². The molecule has 0 aliphatic heterocycles. The second-order valence-electron chi connectivity index (χ2n) is 6.37. The average Bonchev–Trinajstić information content (AvgIpc) is 2.47. The molecule has 0 amide bonds. The molecule has 1 saturated carbocycles. The van der Waals surface area contributed by atoms with Crippen molar-refractivity contribution in [2.24, 2.45) is 11.8 Å². The Labute approximate surface area is 147 Å². The summed E-state index contributed by atoms with van der Waals surface area (Å²) in [5.74, 6) is -2.69. The van der Waals surface area contributed by atoms with Crippen molar-refractivity contribution >= 4 is 20.2 Å². The quantitative estimate of drug-likeness (QED) is 0.669. The van der Waals surface area contributed by atoms with Crippen LogP contribution in [0.4, 0.5) is 0 Å². The summed E-state index contributed by atoms with van der Waals surface area (Å²) >= 11 is 0. The Balaban J connectivity index is 2.23. The minimum absolute atomic E-state index is 0.00811. The molecule has 25 heavy (non-hydrogen) atoms. The van der Waals surface area contributed by atoms with Gasteiger partial charge in [-0.15, -0.1) is 0 Å². The monoisotopic (exact) mass is 392 g/mol. The highest BCUT2D eigenvalue weighted by Gasteiger charge is 2.46. The molecule has 0 bridgehead atoms. The van der Waals surface area contributed by atoms with Gasteiger partial charge in [-0.25, -0.2) is 16.8 Å². The zero-order valence-corrected chi connectivity index (χ0v) is 15.1. The van der Waals surface area contributed by atoms with Gasteiger partial charge < -0.3 is 18.9 Å². The van der Waals surface area contributed by atoms with Crippen LogP contribution in [0.25, 0.3) is 0 Å². The fraction of sp³-hybridized carbons (Fsp3) is 0.600. The predicted octanol–water partition coefficient (Wildman–Crippen LogP) is 0.0477. The molecular formula is C15H20O8S2-2. The van der Waals surface area contributed by atoms with Crippen molar-refractivity contribution in [1.29, 1.82) is 0 Å². The number of rotatable bonds is 6. The number of aliphatic hydroxyl groups is 1. The van der Waals surface area contributed by atoms with Gasteiger partial charge in [0.2, 0.25) is 0 Å². The van der Waals surface area contributed by atoms with E-state index < -0.39 is 55.3 Å². The van der Waals surface area contributed by atoms with Crippen LogP contribution in [-0.2, 0) is 31.6 Å². The molecule has 0 aromatic heterocycles. The van der Waals surface area contributed by atoms with Crippen LogP contribution in [0.15, 0.2) is 30.3 Å². The van der Waals surface area contributed by atoms with Crippen molar-refractivity contribution < 1.29 is 35.8 Å². The Morgan fingerprint density at radius 1 is 1.16 bits per heavy atom. The summed E-state index contributed by atoms with van der Waals surface area (Å²) in [7, 11) is -9.50. The third-order valence-corrected chi connectivity index (χ3v) is 6.75. The Bertz CT molecular complexity index is 775. The van der Waals surface area contributed by atoms with E-state index >= 15 is 0 Å². The minimum atomic E-state index is -4.88. The van der Waals surface area contributed by atoms with Crippen LogP contribution in [0.1, 0.15) is 18.9 Å². The Kier molecular flexibility index (Phi) is 6.23. The van der Waals surface area contributed by atoms with Gasteiger partial charge in [-0.3, -0.25) is 0 Å². The summed E-state index contributed by atoms with van der Waals surface area (Å²) in [6.45, 7) is 1.38. The van der Waals surface area contributed by atoms with Gasteiger partial charge in [0, 0.05) is 5.75 Å². The summed E-state index contributed by atoms with van der Waals surface area (Å²) in [4.78, 5) is 0. The standard InChI is InChI=1S/C15H22O8S2/c1-10-12(9-24(17,18)19)7-13(16)14(15(10)25(20,21)22)23-8-11-5-3-2-4-6-11/h2-6,10,12-16H,7-9H2,1H3,(H,17,18,19)(H,20,21,22)/p-2. The smallest absolute Gasteiger partial charge is 0.100 e. The Morgan fingerprint density at radius 2 is 1.76 bits per heavy atom. The molecule has 0 heterocycles. The molecule has 8 nitrogen and oxygen atoms in total. The maximum atomic E-state index is 11.7. The van der Waals surface area contributed by atoms with Gasteiger partial charge in [0.1, 0.15) is 10.1 Å². The van der Waals surface area contributed by atoms with Crippen LogP contribution in [-0.4, -0.2) is 54.3 Å². The van der Waals surface area contributed by atoms with E-state index in [4.69, 9.17) is 4.74 Å². The van der Waals surface area contributed by atoms with Gasteiger partial charge in [0.25, 0.3) is 0 Å². The second kappa shape index (κ2) is 7.68. The first-order valence-corrected chi connectivity index (χ1v) is 10.8. The fourth-order valence-corrected chi connectivity index (χ4v) is 5.63. The van der Waals surface area contributed by atoms with E-state index in [-0.39, 0.29) is 13.0 Å². The zero-order chi connectivity index (χ0) is 18.8. The first-order chi connectivity index (χ1) is 11.5. The van der Waals surface area contributed by atoms with E-state index in [2.05, 4.69) is 0 Å². The molecule has 0 spiro atoms. The lowest BCUT2D eigenvalue weighted by Gasteiger charge is -2.45. The van der Waals surface area contributed by atoms with Crippen LogP contribution >= 0.6 is 0 Å². The van der Waals surface area contributed by atoms with Gasteiger partial charge >= 0.3 is 0 Å². The molecule has 142 valence electrons. The normalized spacial score (nSPS) is 31.0. The molecule has 1 aromatic rings. The molecule has 0 radical (unpaired) electrons. The maximum absolute atomic E-state index is 11.7. The molecular weight excluding hydrogens is 372 g/mol. The summed E-state index contributed by atoms with van der Waals surface area (Å²) in [6, 6.07) is 8.79. The van der Waals surface area contributed by atoms with E-state index in [0.717, 1.165) is 5.56 Å². The second-order valence-corrected chi connectivity index (χ2v) is 9.34. The third kappa shape index (κ3) is 5.47. The van der Waals surface area contributed by atoms with Gasteiger partial charge in [-0.05, 0) is 23.8 Å². The molecule has 10 heteroatoms. The minimum Gasteiger partial charge on any atom is -0.748 e. The van der Waals surface area contributed by atoms with Gasteiger partial charge in [-0.1, -0.05) is 37.3 Å². The molecule has 1 aromatic carbocycles. The number of benzene rings is 1. The summed E-state index contributed by atoms with van der Waals surface area (Å²) < 4.78 is 73.6. The first-order valence-electron chi connectivity index (χ1n) is 7.71. The molecule has 1 aliphatic rings. The number of hydrogen-bond acceptors (Lipinski definition) is 8. The molecule has 1 fully saturated rings. The van der Waals surface area contributed by atoms with E-state index in [1.807, 2.05) is 0 Å². The highest BCUT2D eigenvalue weighted by Crippen LogP contribution is 2.37. The van der Waals surface area contributed by atoms with E-state index in [0.29, 0.717) is 0 Å². The van der Waals surface area contributed by atoms with Crippen molar-refractivity contribution in [3.8, 4) is 0 Å². The highest BCUT2D eigenvalue weighted by molar-refractivity contribution is 7.86. The number of aliphatic hydroxyl groups excluding tert-OH is 1. The van der Waals surface area contributed by atoms with Gasteiger partial charge in [0.15, 0.2) is 0 Å². The number of hydrogen-bond donors (Lipinski definition) is 1. The van der Waals surface area contributed by atoms with Crippen molar-refractivity contribution in [2.45, 2.75) is 37.4 Å². The molecule has 5 atom stereocenters. The highest BCUT2D eigenvalue weighted by atomic mass is 32.2. The fourth-order valence-electron chi connectivity index (χ4n) is 3.33. The van der Waals surface area contributed by atoms with Crippen molar-refractivity contribution in [3.05, 3.63) is 35.9 Å². The molecule has 0 saturated heterocycles. The Hall–Kier alpha value is -1.04. The van der Waals surface area contributed by atoms with E-state index in [1.165, 1.54) is 6.92 Å². The van der Waals surface area contributed by atoms with Crippen molar-refractivity contribution in [3.63, 3.8) is 0 Å². The molecule has 5 unspecified atom stereocenters. The van der Waals surface area contributed by atoms with E-state index in [9.17, 15) is 31.0 Å². The largest absolute Gasteiger partial charge is 0.748 e. The molecule has 1 aliphatic carbocycles. The first kappa shape index (κ1) is 20.3. The summed E-state index contributed by atoms with van der Waals surface area (Å²) in [5, 5.41) is 8.61. The lowest BCUT2D eigenvalue weighted by atomic mass is 9.78. The lowest BCUT2D eigenvalue weighted by molar-refractivity contribution is -0.0869. The third-order valence-electron chi connectivity index (χ3n) is 4.55. The summed E-state index contributed by atoms with van der Waals surface area (Å²) in [6.07, 6.45) is -2.78. The van der Waals surface area contributed by atoms with Gasteiger partial charge in [-0.2, -0.15) is 0 Å². The van der Waals surface area contributed by atoms with Crippen LogP contribution in [0.5, 0.6) is 0 Å². The average molecular weight is 392 g/mol. The topological polar surface area (TPSA) is 144 Å². The Morgan fingerprint density at radius 3 is 2.28 bits per heavy atom. The maximum Gasteiger partial charge on any atom is 0.100 e.